The fourth-order valence-corrected chi connectivity index (χ4v) is 3.63. The predicted molar refractivity (Wildman–Crippen MR) is 90.8 cm³/mol. The quantitative estimate of drug-likeness (QED) is 0.880. The smallest absolute Gasteiger partial charge is 0.133 e. The minimum Gasteiger partial charge on any atom is -0.496 e. The van der Waals surface area contributed by atoms with Crippen LogP contribution in [0.4, 0.5) is 0 Å². The number of nitrogens with zero attached hydrogens (tertiary/aromatic N) is 2. The van der Waals surface area contributed by atoms with E-state index in [4.69, 9.17) is 10.5 Å². The van der Waals surface area contributed by atoms with Crippen LogP contribution >= 0.6 is 15.9 Å². The predicted octanol–water partition coefficient (Wildman–Crippen LogP) is 2.48. The van der Waals surface area contributed by atoms with Crippen molar-refractivity contribution in [2.24, 2.45) is 5.73 Å². The lowest BCUT2D eigenvalue weighted by molar-refractivity contribution is 0.0984. The Labute approximate surface area is 136 Å². The number of ether oxygens (including phenoxy) is 1. The Balaban J connectivity index is 2.17. The van der Waals surface area contributed by atoms with Crippen LogP contribution in [0.5, 0.6) is 5.75 Å². The van der Waals surface area contributed by atoms with Gasteiger partial charge in [0, 0.05) is 25.2 Å². The summed E-state index contributed by atoms with van der Waals surface area (Å²) in [5, 5.41) is 0. The van der Waals surface area contributed by atoms with E-state index in [1.807, 2.05) is 6.07 Å². The molecule has 1 aliphatic rings. The van der Waals surface area contributed by atoms with Crippen molar-refractivity contribution in [1.82, 2.24) is 9.80 Å². The summed E-state index contributed by atoms with van der Waals surface area (Å²) in [6.07, 6.45) is 2.50. The second-order valence-corrected chi connectivity index (χ2v) is 6.75. The molecule has 1 saturated heterocycles. The lowest BCUT2D eigenvalue weighted by atomic mass is 9.99. The third-order valence-electron chi connectivity index (χ3n) is 4.38. The summed E-state index contributed by atoms with van der Waals surface area (Å²) in [5.74, 6) is 0.860. The fourth-order valence-electron chi connectivity index (χ4n) is 3.07. The van der Waals surface area contributed by atoms with Crippen LogP contribution < -0.4 is 10.5 Å². The molecule has 1 heterocycles. The zero-order valence-electron chi connectivity index (χ0n) is 13.2. The Kier molecular flexibility index (Phi) is 6.05. The van der Waals surface area contributed by atoms with Gasteiger partial charge in [-0.3, -0.25) is 4.90 Å². The highest BCUT2D eigenvalue weighted by Crippen LogP contribution is 2.31. The third-order valence-corrected chi connectivity index (χ3v) is 5.00. The van der Waals surface area contributed by atoms with Gasteiger partial charge >= 0.3 is 0 Å². The van der Waals surface area contributed by atoms with Crippen LogP contribution in [0, 0.1) is 0 Å². The normalized spacial score (nSPS) is 21.5. The zero-order chi connectivity index (χ0) is 15.4. The number of likely N-dealkylation sites (tertiary alicyclic amines) is 1. The minimum absolute atomic E-state index is 0.273. The van der Waals surface area contributed by atoms with Gasteiger partial charge in [0.15, 0.2) is 0 Å². The lowest BCUT2D eigenvalue weighted by Crippen LogP contribution is -2.47. The first-order chi connectivity index (χ1) is 10.1. The number of likely N-dealkylation sites (N-methyl/N-ethyl adjacent to an activating group) is 1. The molecule has 0 radical (unpaired) electrons. The van der Waals surface area contributed by atoms with Crippen LogP contribution in [-0.2, 0) is 0 Å². The molecule has 5 heteroatoms. The van der Waals surface area contributed by atoms with E-state index >= 15 is 0 Å². The van der Waals surface area contributed by atoms with Crippen molar-refractivity contribution in [1.29, 1.82) is 0 Å². The van der Waals surface area contributed by atoms with Gasteiger partial charge < -0.3 is 15.4 Å². The molecule has 1 aliphatic heterocycles. The molecule has 0 aromatic heterocycles. The Morgan fingerprint density at radius 3 is 2.81 bits per heavy atom. The van der Waals surface area contributed by atoms with Crippen molar-refractivity contribution in [3.63, 3.8) is 0 Å². The van der Waals surface area contributed by atoms with E-state index in [2.05, 4.69) is 52.0 Å². The Hall–Kier alpha value is -0.620. The standard InChI is InChI=1S/C16H26BrN3O/c1-19(2)13-5-4-8-20(11-13)15(10-18)12-6-7-16(21-3)14(17)9-12/h6-7,9,13,15H,4-5,8,10-11,18H2,1-3H3. The summed E-state index contributed by atoms with van der Waals surface area (Å²) >= 11 is 3.57. The van der Waals surface area contributed by atoms with Gasteiger partial charge in [-0.25, -0.2) is 0 Å². The molecule has 0 amide bonds. The Morgan fingerprint density at radius 1 is 1.48 bits per heavy atom. The highest BCUT2D eigenvalue weighted by atomic mass is 79.9. The molecule has 2 rings (SSSR count). The summed E-state index contributed by atoms with van der Waals surface area (Å²) in [6.45, 7) is 2.84. The maximum atomic E-state index is 6.08. The third kappa shape index (κ3) is 3.97. The van der Waals surface area contributed by atoms with Crippen molar-refractivity contribution < 1.29 is 4.74 Å². The molecule has 0 spiro atoms. The molecule has 2 unspecified atom stereocenters. The van der Waals surface area contributed by atoms with Gasteiger partial charge in [0.2, 0.25) is 0 Å². The summed E-state index contributed by atoms with van der Waals surface area (Å²) in [6, 6.07) is 7.16. The van der Waals surface area contributed by atoms with Crippen LogP contribution in [0.3, 0.4) is 0 Å². The largest absolute Gasteiger partial charge is 0.496 e. The maximum absolute atomic E-state index is 6.08. The van der Waals surface area contributed by atoms with Crippen molar-refractivity contribution in [3.05, 3.63) is 28.2 Å². The molecule has 2 N–H and O–H groups in total. The summed E-state index contributed by atoms with van der Waals surface area (Å²) in [7, 11) is 6.01. The van der Waals surface area contributed by atoms with Crippen molar-refractivity contribution in [2.45, 2.75) is 24.9 Å². The first-order valence-electron chi connectivity index (χ1n) is 7.50. The molecule has 21 heavy (non-hydrogen) atoms. The van der Waals surface area contributed by atoms with Crippen LogP contribution in [0.15, 0.2) is 22.7 Å². The Morgan fingerprint density at radius 2 is 2.24 bits per heavy atom. The average Bonchev–Trinajstić information content (AvgIpc) is 2.48. The highest BCUT2D eigenvalue weighted by molar-refractivity contribution is 9.10. The first-order valence-corrected chi connectivity index (χ1v) is 8.30. The van der Waals surface area contributed by atoms with Gasteiger partial charge in [-0.1, -0.05) is 6.07 Å². The number of methoxy groups -OCH3 is 1. The van der Waals surface area contributed by atoms with Crippen molar-refractivity contribution in [3.8, 4) is 5.75 Å². The number of benzene rings is 1. The molecule has 118 valence electrons. The molecule has 1 aromatic carbocycles. The number of halogens is 1. The SMILES string of the molecule is COc1ccc(C(CN)N2CCCC(N(C)C)C2)cc1Br. The fraction of sp³-hybridized carbons (Fsp3) is 0.625. The van der Waals surface area contributed by atoms with Crippen LogP contribution in [0.1, 0.15) is 24.4 Å². The van der Waals surface area contributed by atoms with Gasteiger partial charge in [-0.15, -0.1) is 0 Å². The minimum atomic E-state index is 0.273. The molecule has 0 aliphatic carbocycles. The van der Waals surface area contributed by atoms with Gasteiger partial charge in [-0.05, 0) is 67.1 Å². The van der Waals surface area contributed by atoms with Gasteiger partial charge in [0.05, 0.1) is 11.6 Å². The zero-order valence-corrected chi connectivity index (χ0v) is 14.8. The van der Waals surface area contributed by atoms with E-state index in [1.165, 1.54) is 18.4 Å². The maximum Gasteiger partial charge on any atom is 0.133 e. The molecule has 0 bridgehead atoms. The van der Waals surface area contributed by atoms with E-state index in [-0.39, 0.29) is 6.04 Å². The van der Waals surface area contributed by atoms with E-state index in [0.717, 1.165) is 23.3 Å². The van der Waals surface area contributed by atoms with E-state index < -0.39 is 0 Å². The van der Waals surface area contributed by atoms with Crippen LogP contribution in [-0.4, -0.2) is 56.7 Å². The molecule has 1 aromatic rings. The number of piperidine rings is 1. The van der Waals surface area contributed by atoms with Gasteiger partial charge in [0.25, 0.3) is 0 Å². The van der Waals surface area contributed by atoms with Crippen LogP contribution in [0.2, 0.25) is 0 Å². The lowest BCUT2D eigenvalue weighted by Gasteiger charge is -2.40. The molecule has 2 atom stereocenters. The molecule has 4 nitrogen and oxygen atoms in total. The van der Waals surface area contributed by atoms with E-state index in [1.54, 1.807) is 7.11 Å². The highest BCUT2D eigenvalue weighted by Gasteiger charge is 2.27. The van der Waals surface area contributed by atoms with Crippen molar-refractivity contribution >= 4 is 15.9 Å². The second-order valence-electron chi connectivity index (χ2n) is 5.90. The second kappa shape index (κ2) is 7.58. The topological polar surface area (TPSA) is 41.7 Å². The number of rotatable bonds is 5. The van der Waals surface area contributed by atoms with Crippen LogP contribution in [0.25, 0.3) is 0 Å². The molecule has 1 fully saturated rings. The van der Waals surface area contributed by atoms with E-state index in [0.29, 0.717) is 12.6 Å². The van der Waals surface area contributed by atoms with E-state index in [9.17, 15) is 0 Å². The first kappa shape index (κ1) is 16.7. The Bertz CT molecular complexity index is 467. The molecule has 0 saturated carbocycles. The molecular formula is C16H26BrN3O. The van der Waals surface area contributed by atoms with Gasteiger partial charge in [0.1, 0.15) is 5.75 Å². The summed E-state index contributed by atoms with van der Waals surface area (Å²) in [5.41, 5.74) is 7.33. The summed E-state index contributed by atoms with van der Waals surface area (Å²) < 4.78 is 6.30. The number of hydrogen-bond acceptors (Lipinski definition) is 4. The molecular weight excluding hydrogens is 330 g/mol. The number of nitrogens with two attached hydrogens (primary N) is 1. The summed E-state index contributed by atoms with van der Waals surface area (Å²) in [4.78, 5) is 4.84. The number of hydrogen-bond donors (Lipinski definition) is 1. The monoisotopic (exact) mass is 355 g/mol. The van der Waals surface area contributed by atoms with Gasteiger partial charge in [-0.2, -0.15) is 0 Å². The average molecular weight is 356 g/mol. The van der Waals surface area contributed by atoms with Crippen molar-refractivity contribution in [2.75, 3.05) is 40.8 Å².